The predicted molar refractivity (Wildman–Crippen MR) is 124 cm³/mol. The molecule has 0 fully saturated rings. The Balaban J connectivity index is 1.79. The molecule has 1 aliphatic heterocycles. The average molecular weight is 529 g/mol. The van der Waals surface area contributed by atoms with E-state index in [1.54, 1.807) is 30.5 Å². The minimum atomic E-state index is -4.95. The van der Waals surface area contributed by atoms with Crippen molar-refractivity contribution < 1.29 is 31.4 Å². The van der Waals surface area contributed by atoms with E-state index in [2.05, 4.69) is 15.3 Å². The van der Waals surface area contributed by atoms with Crippen LogP contribution in [-0.2, 0) is 18.9 Å². The highest BCUT2D eigenvalue weighted by Gasteiger charge is 2.37. The van der Waals surface area contributed by atoms with Crippen molar-refractivity contribution in [1.29, 1.82) is 0 Å². The molecule has 0 bridgehead atoms. The third-order valence-corrected chi connectivity index (χ3v) is 6.25. The van der Waals surface area contributed by atoms with Crippen LogP contribution in [0.2, 0.25) is 0 Å². The summed E-state index contributed by atoms with van der Waals surface area (Å²) in [5.74, 6) is 0.366. The second-order valence-corrected chi connectivity index (χ2v) is 9.00. The van der Waals surface area contributed by atoms with Gasteiger partial charge in [-0.05, 0) is 36.4 Å². The summed E-state index contributed by atoms with van der Waals surface area (Å²) in [7, 11) is 0. The number of hydrogen-bond donors (Lipinski definition) is 2. The Morgan fingerprint density at radius 1 is 1.00 bits per heavy atom. The van der Waals surface area contributed by atoms with Gasteiger partial charge in [0.15, 0.2) is 5.16 Å². The van der Waals surface area contributed by atoms with Gasteiger partial charge < -0.3 is 10.4 Å². The van der Waals surface area contributed by atoms with Crippen LogP contribution in [0.15, 0.2) is 53.7 Å². The van der Waals surface area contributed by atoms with Gasteiger partial charge in [0.2, 0.25) is 0 Å². The molecular formula is C24H22F6N4OS. The summed E-state index contributed by atoms with van der Waals surface area (Å²) < 4.78 is 80.2. The number of rotatable bonds is 4. The SMILES string of the molecule is CSc1nc2c(c(-c3ccccc3)n1)C(O)N(Cc1cc(C(F)(F)F)cc(C(F)(F)F)c1)CCCN2. The summed E-state index contributed by atoms with van der Waals surface area (Å²) in [5, 5.41) is 15.0. The first-order valence-electron chi connectivity index (χ1n) is 10.9. The molecule has 12 heteroatoms. The Hall–Kier alpha value is -2.83. The fourth-order valence-electron chi connectivity index (χ4n) is 4.04. The van der Waals surface area contributed by atoms with Crippen molar-refractivity contribution in [3.8, 4) is 11.3 Å². The standard InChI is InChI=1S/C24H22F6N4OS/c1-36-22-32-19(15-6-3-2-4-7-15)18-20(33-22)31-8-5-9-34(21(18)35)13-14-10-16(23(25,26)27)12-17(11-14)24(28,29)30/h2-4,6-7,10-12,21,35H,5,8-9,13H2,1H3,(H,31,32,33). The zero-order valence-corrected chi connectivity index (χ0v) is 19.8. The molecule has 5 nitrogen and oxygen atoms in total. The summed E-state index contributed by atoms with van der Waals surface area (Å²) in [5.41, 5.74) is -1.58. The van der Waals surface area contributed by atoms with Crippen molar-refractivity contribution in [3.05, 3.63) is 70.8 Å². The Labute approximate surface area is 207 Å². The summed E-state index contributed by atoms with van der Waals surface area (Å²) in [6.07, 6.45) is -9.02. The van der Waals surface area contributed by atoms with E-state index in [0.29, 0.717) is 52.9 Å². The summed E-state index contributed by atoms with van der Waals surface area (Å²) in [6.45, 7) is 0.307. The number of alkyl halides is 6. The molecule has 2 N–H and O–H groups in total. The van der Waals surface area contributed by atoms with Crippen LogP contribution in [0.3, 0.4) is 0 Å². The predicted octanol–water partition coefficient (Wildman–Crippen LogP) is 6.21. The van der Waals surface area contributed by atoms with Gasteiger partial charge in [0, 0.05) is 25.2 Å². The minimum Gasteiger partial charge on any atom is -0.374 e. The molecule has 36 heavy (non-hydrogen) atoms. The topological polar surface area (TPSA) is 61.3 Å². The van der Waals surface area contributed by atoms with Crippen LogP contribution in [0.4, 0.5) is 32.2 Å². The fourth-order valence-corrected chi connectivity index (χ4v) is 4.41. The third-order valence-electron chi connectivity index (χ3n) is 5.71. The zero-order chi connectivity index (χ0) is 26.1. The Morgan fingerprint density at radius 3 is 2.22 bits per heavy atom. The lowest BCUT2D eigenvalue weighted by molar-refractivity contribution is -0.143. The molecular weight excluding hydrogens is 506 g/mol. The lowest BCUT2D eigenvalue weighted by Gasteiger charge is -2.33. The molecule has 0 saturated carbocycles. The first kappa shape index (κ1) is 26.2. The second kappa shape index (κ2) is 10.3. The summed E-state index contributed by atoms with van der Waals surface area (Å²) >= 11 is 1.30. The smallest absolute Gasteiger partial charge is 0.374 e. The van der Waals surface area contributed by atoms with E-state index >= 15 is 0 Å². The van der Waals surface area contributed by atoms with Gasteiger partial charge in [-0.25, -0.2) is 9.97 Å². The van der Waals surface area contributed by atoms with Crippen LogP contribution in [0.1, 0.15) is 34.9 Å². The molecule has 1 aromatic heterocycles. The fraction of sp³-hybridized carbons (Fsp3) is 0.333. The number of benzene rings is 2. The highest BCUT2D eigenvalue weighted by atomic mass is 32.2. The van der Waals surface area contributed by atoms with Gasteiger partial charge in [-0.2, -0.15) is 26.3 Å². The number of nitrogens with zero attached hydrogens (tertiary/aromatic N) is 3. The molecule has 0 aliphatic carbocycles. The van der Waals surface area contributed by atoms with Gasteiger partial charge in [0.05, 0.1) is 22.4 Å². The van der Waals surface area contributed by atoms with Crippen molar-refractivity contribution in [2.24, 2.45) is 0 Å². The normalized spacial score (nSPS) is 17.2. The van der Waals surface area contributed by atoms with Crippen LogP contribution >= 0.6 is 11.8 Å². The molecule has 3 aromatic rings. The Kier molecular flexibility index (Phi) is 7.48. The summed E-state index contributed by atoms with van der Waals surface area (Å²) in [4.78, 5) is 10.5. The number of aromatic nitrogens is 2. The highest BCUT2D eigenvalue weighted by Crippen LogP contribution is 2.39. The number of thioether (sulfide) groups is 1. The van der Waals surface area contributed by atoms with Crippen LogP contribution in [0, 0.1) is 0 Å². The van der Waals surface area contributed by atoms with Crippen LogP contribution < -0.4 is 5.32 Å². The molecule has 0 saturated heterocycles. The number of nitrogens with one attached hydrogen (secondary N) is 1. The number of aliphatic hydroxyl groups is 1. The van der Waals surface area contributed by atoms with E-state index < -0.39 is 29.7 Å². The van der Waals surface area contributed by atoms with Gasteiger partial charge in [-0.3, -0.25) is 4.90 Å². The molecule has 0 spiro atoms. The first-order chi connectivity index (χ1) is 17.0. The number of anilines is 1. The molecule has 1 aliphatic rings. The van der Waals surface area contributed by atoms with E-state index in [4.69, 9.17) is 0 Å². The van der Waals surface area contributed by atoms with Crippen LogP contribution in [0.25, 0.3) is 11.3 Å². The molecule has 2 heterocycles. The van der Waals surface area contributed by atoms with Gasteiger partial charge in [0.1, 0.15) is 12.0 Å². The number of halogens is 6. The first-order valence-corrected chi connectivity index (χ1v) is 12.2. The van der Waals surface area contributed by atoms with Crippen molar-refractivity contribution in [1.82, 2.24) is 14.9 Å². The van der Waals surface area contributed by atoms with Crippen molar-refractivity contribution in [2.45, 2.75) is 36.7 Å². The number of aliphatic hydroxyl groups excluding tert-OH is 1. The molecule has 4 rings (SSSR count). The summed E-state index contributed by atoms with van der Waals surface area (Å²) in [6, 6.07) is 10.5. The minimum absolute atomic E-state index is 0.0951. The van der Waals surface area contributed by atoms with E-state index in [9.17, 15) is 31.4 Å². The number of fused-ring (bicyclic) bond motifs is 1. The molecule has 192 valence electrons. The maximum atomic E-state index is 13.4. The molecule has 1 unspecified atom stereocenters. The average Bonchev–Trinajstić information content (AvgIpc) is 2.83. The van der Waals surface area contributed by atoms with E-state index in [1.165, 1.54) is 16.7 Å². The molecule has 0 radical (unpaired) electrons. The van der Waals surface area contributed by atoms with Gasteiger partial charge in [-0.1, -0.05) is 42.1 Å². The van der Waals surface area contributed by atoms with E-state index in [1.807, 2.05) is 6.07 Å². The highest BCUT2D eigenvalue weighted by molar-refractivity contribution is 7.98. The zero-order valence-electron chi connectivity index (χ0n) is 19.0. The van der Waals surface area contributed by atoms with Crippen molar-refractivity contribution >= 4 is 17.6 Å². The number of hydrogen-bond acceptors (Lipinski definition) is 6. The van der Waals surface area contributed by atoms with E-state index in [0.717, 1.165) is 0 Å². The largest absolute Gasteiger partial charge is 0.416 e. The molecule has 0 amide bonds. The van der Waals surface area contributed by atoms with Crippen molar-refractivity contribution in [3.63, 3.8) is 0 Å². The van der Waals surface area contributed by atoms with Crippen molar-refractivity contribution in [2.75, 3.05) is 24.7 Å². The maximum Gasteiger partial charge on any atom is 0.416 e. The monoisotopic (exact) mass is 528 g/mol. The van der Waals surface area contributed by atoms with E-state index in [-0.39, 0.29) is 24.7 Å². The van der Waals surface area contributed by atoms with Crippen LogP contribution in [-0.4, -0.2) is 39.3 Å². The lowest BCUT2D eigenvalue weighted by Crippen LogP contribution is -2.34. The Bertz CT molecular complexity index is 1190. The lowest BCUT2D eigenvalue weighted by atomic mass is 10.0. The van der Waals surface area contributed by atoms with Gasteiger partial charge in [0.25, 0.3) is 0 Å². The quantitative estimate of drug-likeness (QED) is 0.239. The Morgan fingerprint density at radius 2 is 1.64 bits per heavy atom. The van der Waals surface area contributed by atoms with Gasteiger partial charge in [-0.15, -0.1) is 0 Å². The van der Waals surface area contributed by atoms with Gasteiger partial charge >= 0.3 is 12.4 Å². The molecule has 2 aromatic carbocycles. The van der Waals surface area contributed by atoms with Crippen LogP contribution in [0.5, 0.6) is 0 Å². The maximum absolute atomic E-state index is 13.4. The second-order valence-electron chi connectivity index (χ2n) is 8.23. The molecule has 1 atom stereocenters. The third kappa shape index (κ3) is 5.76.